The van der Waals surface area contributed by atoms with Gasteiger partial charge in [-0.1, -0.05) is 18.2 Å². The fraction of sp³-hybridized carbons (Fsp3) is 0.273. The van der Waals surface area contributed by atoms with E-state index in [1.165, 1.54) is 31.4 Å². The number of urea groups is 1. The van der Waals surface area contributed by atoms with Gasteiger partial charge in [-0.15, -0.1) is 0 Å². The molecule has 0 saturated carbocycles. The van der Waals surface area contributed by atoms with Gasteiger partial charge in [0.2, 0.25) is 0 Å². The summed E-state index contributed by atoms with van der Waals surface area (Å²) in [6.45, 7) is 2.27. The zero-order valence-corrected chi connectivity index (χ0v) is 16.9. The molecule has 0 radical (unpaired) electrons. The van der Waals surface area contributed by atoms with Crippen molar-refractivity contribution in [2.75, 3.05) is 50.6 Å². The van der Waals surface area contributed by atoms with Crippen LogP contribution in [0.25, 0.3) is 6.08 Å². The average molecular weight is 413 g/mol. The van der Waals surface area contributed by atoms with E-state index in [-0.39, 0.29) is 5.69 Å². The van der Waals surface area contributed by atoms with Gasteiger partial charge in [-0.2, -0.15) is 0 Å². The number of carbonyl (C=O) groups excluding carboxylic acids is 2. The Labute approximate surface area is 174 Å². The Bertz CT molecular complexity index is 940. The van der Waals surface area contributed by atoms with Crippen molar-refractivity contribution >= 4 is 29.5 Å². The maximum Gasteiger partial charge on any atom is 0.330 e. The molecule has 8 heteroatoms. The van der Waals surface area contributed by atoms with Gasteiger partial charge >= 0.3 is 12.0 Å². The van der Waals surface area contributed by atoms with E-state index in [0.717, 1.165) is 11.4 Å². The third-order valence-electron chi connectivity index (χ3n) is 4.86. The molecule has 0 bridgehead atoms. The summed E-state index contributed by atoms with van der Waals surface area (Å²) in [5.74, 6) is -0.365. The maximum atomic E-state index is 14.3. The largest absolute Gasteiger partial charge is 0.497 e. The summed E-state index contributed by atoms with van der Waals surface area (Å²) in [6.07, 6.45) is 2.59. The van der Waals surface area contributed by atoms with Crippen LogP contribution in [-0.4, -0.2) is 57.3 Å². The number of benzene rings is 2. The number of carbonyl (C=O) groups is 2. The van der Waals surface area contributed by atoms with Crippen LogP contribution in [-0.2, 0) is 9.53 Å². The van der Waals surface area contributed by atoms with Crippen LogP contribution < -0.4 is 15.0 Å². The highest BCUT2D eigenvalue weighted by atomic mass is 19.1. The number of hydrogen-bond acceptors (Lipinski definition) is 5. The summed E-state index contributed by atoms with van der Waals surface area (Å²) >= 11 is 0. The number of amides is 2. The predicted molar refractivity (Wildman–Crippen MR) is 113 cm³/mol. The molecular weight excluding hydrogens is 389 g/mol. The van der Waals surface area contributed by atoms with Crippen molar-refractivity contribution in [1.29, 1.82) is 0 Å². The summed E-state index contributed by atoms with van der Waals surface area (Å²) < 4.78 is 24.2. The first-order chi connectivity index (χ1) is 14.5. The van der Waals surface area contributed by atoms with E-state index in [9.17, 15) is 14.0 Å². The molecule has 0 unspecified atom stereocenters. The minimum atomic E-state index is -0.578. The molecule has 1 N–H and O–H groups in total. The Hall–Kier alpha value is -3.55. The van der Waals surface area contributed by atoms with Gasteiger partial charge in [0.05, 0.1) is 19.9 Å². The lowest BCUT2D eigenvalue weighted by Crippen LogP contribution is -2.50. The first kappa shape index (κ1) is 21.2. The molecule has 7 nitrogen and oxygen atoms in total. The van der Waals surface area contributed by atoms with Crippen LogP contribution in [0.2, 0.25) is 0 Å². The molecule has 0 aromatic heterocycles. The number of methoxy groups -OCH3 is 2. The number of rotatable bonds is 5. The third kappa shape index (κ3) is 5.08. The molecule has 2 aromatic carbocycles. The molecule has 30 heavy (non-hydrogen) atoms. The van der Waals surface area contributed by atoms with Gasteiger partial charge in [-0.05, 0) is 24.3 Å². The minimum absolute atomic E-state index is 0.0258. The number of anilines is 2. The molecule has 0 atom stereocenters. The molecule has 158 valence electrons. The van der Waals surface area contributed by atoms with Crippen molar-refractivity contribution < 1.29 is 23.5 Å². The van der Waals surface area contributed by atoms with Crippen molar-refractivity contribution in [1.82, 2.24) is 4.90 Å². The number of nitrogens with zero attached hydrogens (tertiary/aromatic N) is 2. The average Bonchev–Trinajstić information content (AvgIpc) is 2.79. The van der Waals surface area contributed by atoms with Crippen LogP contribution in [0.1, 0.15) is 5.56 Å². The van der Waals surface area contributed by atoms with Crippen molar-refractivity contribution in [2.24, 2.45) is 0 Å². The van der Waals surface area contributed by atoms with Crippen LogP contribution >= 0.6 is 0 Å². The lowest BCUT2D eigenvalue weighted by atomic mass is 10.1. The van der Waals surface area contributed by atoms with Crippen LogP contribution in [0.4, 0.5) is 20.6 Å². The first-order valence-electron chi connectivity index (χ1n) is 9.51. The van der Waals surface area contributed by atoms with Crippen LogP contribution in [0, 0.1) is 5.82 Å². The summed E-state index contributed by atoms with van der Waals surface area (Å²) in [4.78, 5) is 27.8. The van der Waals surface area contributed by atoms with Crippen molar-refractivity contribution in [3.8, 4) is 5.75 Å². The topological polar surface area (TPSA) is 71.1 Å². The normalized spacial score (nSPS) is 14.0. The fourth-order valence-corrected chi connectivity index (χ4v) is 3.20. The van der Waals surface area contributed by atoms with E-state index >= 15 is 0 Å². The number of halogens is 1. The highest BCUT2D eigenvalue weighted by Gasteiger charge is 2.23. The molecule has 1 saturated heterocycles. The summed E-state index contributed by atoms with van der Waals surface area (Å²) in [6, 6.07) is 11.7. The van der Waals surface area contributed by atoms with E-state index < -0.39 is 17.8 Å². The van der Waals surface area contributed by atoms with Crippen LogP contribution in [0.5, 0.6) is 5.75 Å². The minimum Gasteiger partial charge on any atom is -0.497 e. The first-order valence-corrected chi connectivity index (χ1v) is 9.51. The van der Waals surface area contributed by atoms with Gasteiger partial charge in [-0.3, -0.25) is 0 Å². The number of para-hydroxylation sites is 1. The lowest BCUT2D eigenvalue weighted by Gasteiger charge is -2.36. The predicted octanol–water partition coefficient (Wildman–Crippen LogP) is 3.37. The second kappa shape index (κ2) is 9.78. The van der Waals surface area contributed by atoms with Gasteiger partial charge < -0.3 is 24.6 Å². The Morgan fingerprint density at radius 1 is 1.07 bits per heavy atom. The highest BCUT2D eigenvalue weighted by Crippen LogP contribution is 2.24. The van der Waals surface area contributed by atoms with Crippen molar-refractivity contribution in [3.63, 3.8) is 0 Å². The SMILES string of the molecule is COC(=O)/C=C/c1cccc(F)c1NC(=O)N1CCN(c2cccc(OC)c2)CC1. The van der Waals surface area contributed by atoms with E-state index in [2.05, 4.69) is 15.0 Å². The molecule has 0 spiro atoms. The van der Waals surface area contributed by atoms with E-state index in [1.807, 2.05) is 24.3 Å². The third-order valence-corrected chi connectivity index (χ3v) is 4.86. The molecule has 2 amide bonds. The molecule has 1 heterocycles. The fourth-order valence-electron chi connectivity index (χ4n) is 3.20. The zero-order chi connectivity index (χ0) is 21.5. The van der Waals surface area contributed by atoms with Crippen LogP contribution in [0.3, 0.4) is 0 Å². The molecular formula is C22H24FN3O4. The monoisotopic (exact) mass is 413 g/mol. The van der Waals surface area contributed by atoms with Crippen molar-refractivity contribution in [3.05, 3.63) is 59.9 Å². The molecule has 1 aliphatic rings. The Balaban J connectivity index is 1.65. The molecule has 1 fully saturated rings. The summed E-state index contributed by atoms with van der Waals surface area (Å²) in [7, 11) is 2.88. The standard InChI is InChI=1S/C22H24FN3O4/c1-29-18-7-4-6-17(15-18)25-11-13-26(14-12-25)22(28)24-21-16(5-3-8-19(21)23)9-10-20(27)30-2/h3-10,15H,11-14H2,1-2H3,(H,24,28)/b10-9+. The van der Waals surface area contributed by atoms with Gasteiger partial charge in [0, 0.05) is 49.6 Å². The second-order valence-electron chi connectivity index (χ2n) is 6.67. The van der Waals surface area contributed by atoms with E-state index in [4.69, 9.17) is 4.74 Å². The summed E-state index contributed by atoms with van der Waals surface area (Å²) in [5, 5.41) is 2.63. The number of piperazine rings is 1. The zero-order valence-electron chi connectivity index (χ0n) is 16.9. The molecule has 0 aliphatic carbocycles. The Morgan fingerprint density at radius 3 is 2.50 bits per heavy atom. The Morgan fingerprint density at radius 2 is 1.80 bits per heavy atom. The summed E-state index contributed by atoms with van der Waals surface area (Å²) in [5.41, 5.74) is 1.43. The smallest absolute Gasteiger partial charge is 0.330 e. The maximum absolute atomic E-state index is 14.3. The quantitative estimate of drug-likeness (QED) is 0.601. The number of esters is 1. The van der Waals surface area contributed by atoms with Gasteiger partial charge in [-0.25, -0.2) is 14.0 Å². The van der Waals surface area contributed by atoms with Gasteiger partial charge in [0.25, 0.3) is 0 Å². The number of ether oxygens (including phenoxy) is 2. The van der Waals surface area contributed by atoms with E-state index in [1.54, 1.807) is 18.1 Å². The number of hydrogen-bond donors (Lipinski definition) is 1. The van der Waals surface area contributed by atoms with Crippen molar-refractivity contribution in [2.45, 2.75) is 0 Å². The molecule has 3 rings (SSSR count). The molecule has 2 aromatic rings. The van der Waals surface area contributed by atoms with Gasteiger partial charge in [0.1, 0.15) is 11.6 Å². The number of nitrogens with one attached hydrogen (secondary N) is 1. The Kier molecular flexibility index (Phi) is 6.90. The van der Waals surface area contributed by atoms with Crippen LogP contribution in [0.15, 0.2) is 48.5 Å². The molecule has 1 aliphatic heterocycles. The second-order valence-corrected chi connectivity index (χ2v) is 6.67. The van der Waals surface area contributed by atoms with Gasteiger partial charge in [0.15, 0.2) is 0 Å². The lowest BCUT2D eigenvalue weighted by molar-refractivity contribution is -0.134. The van der Waals surface area contributed by atoms with E-state index in [0.29, 0.717) is 31.7 Å². The highest BCUT2D eigenvalue weighted by molar-refractivity contribution is 5.94.